The molecule has 0 saturated heterocycles. The molecule has 128 valence electrons. The van der Waals surface area contributed by atoms with Crippen LogP contribution in [-0.4, -0.2) is 37.2 Å². The zero-order valence-electron chi connectivity index (χ0n) is 13.9. The summed E-state index contributed by atoms with van der Waals surface area (Å²) in [5.74, 6) is 0.669. The van der Waals surface area contributed by atoms with Crippen molar-refractivity contribution >= 4 is 11.6 Å². The van der Waals surface area contributed by atoms with Gasteiger partial charge >= 0.3 is 0 Å². The van der Waals surface area contributed by atoms with Crippen molar-refractivity contribution in [1.29, 1.82) is 0 Å². The van der Waals surface area contributed by atoms with Crippen molar-refractivity contribution in [3.63, 3.8) is 0 Å². The van der Waals surface area contributed by atoms with Gasteiger partial charge in [-0.25, -0.2) is 4.99 Å². The molecule has 1 rings (SSSR count). The van der Waals surface area contributed by atoms with Crippen molar-refractivity contribution in [2.75, 3.05) is 26.3 Å². The fraction of sp³-hybridized carbons (Fsp3) is 0.562. The zero-order chi connectivity index (χ0) is 16.9. The highest BCUT2D eigenvalue weighted by molar-refractivity contribution is 5.79. The van der Waals surface area contributed by atoms with E-state index in [0.29, 0.717) is 11.5 Å². The largest absolute Gasteiger partial charge is 0.382 e. The van der Waals surface area contributed by atoms with Gasteiger partial charge in [-0.2, -0.15) is 0 Å². The molecule has 1 aromatic carbocycles. The van der Waals surface area contributed by atoms with E-state index in [-0.39, 0.29) is 17.2 Å². The molecule has 7 nitrogen and oxygen atoms in total. The fourth-order valence-corrected chi connectivity index (χ4v) is 2.01. The van der Waals surface area contributed by atoms with E-state index in [2.05, 4.69) is 15.6 Å². The van der Waals surface area contributed by atoms with Gasteiger partial charge < -0.3 is 15.4 Å². The minimum atomic E-state index is -0.376. The smallest absolute Gasteiger partial charge is 0.274 e. The molecule has 0 radical (unpaired) electrons. The number of para-hydroxylation sites is 1. The van der Waals surface area contributed by atoms with Crippen LogP contribution in [0.15, 0.2) is 29.3 Å². The van der Waals surface area contributed by atoms with E-state index in [1.807, 2.05) is 13.8 Å². The molecule has 0 amide bonds. The first kappa shape index (κ1) is 18.9. The van der Waals surface area contributed by atoms with Gasteiger partial charge in [-0.15, -0.1) is 0 Å². The molecule has 0 unspecified atom stereocenters. The molecular weight excluding hydrogens is 296 g/mol. The summed E-state index contributed by atoms with van der Waals surface area (Å²) < 4.78 is 5.29. The van der Waals surface area contributed by atoms with Crippen LogP contribution in [0.5, 0.6) is 0 Å². The standard InChI is InChI=1S/C16H26N4O3/c1-3-17-16(18-11-7-8-12-23-4-2)19-13-14-9-5-6-10-15(14)20(21)22/h5-6,9-10H,3-4,7-8,11-13H2,1-2H3,(H2,17,18,19). The molecule has 7 heteroatoms. The lowest BCUT2D eigenvalue weighted by Gasteiger charge is -2.11. The van der Waals surface area contributed by atoms with E-state index < -0.39 is 0 Å². The summed E-state index contributed by atoms with van der Waals surface area (Å²) in [5, 5.41) is 17.4. The van der Waals surface area contributed by atoms with Crippen LogP contribution in [0.1, 0.15) is 32.3 Å². The first-order valence-corrected chi connectivity index (χ1v) is 8.01. The van der Waals surface area contributed by atoms with Crippen LogP contribution in [0.3, 0.4) is 0 Å². The Kier molecular flexibility index (Phi) is 9.38. The maximum absolute atomic E-state index is 11.0. The molecular formula is C16H26N4O3. The highest BCUT2D eigenvalue weighted by Crippen LogP contribution is 2.18. The normalized spacial score (nSPS) is 11.3. The number of benzene rings is 1. The van der Waals surface area contributed by atoms with Crippen LogP contribution in [0, 0.1) is 10.1 Å². The number of hydrogen-bond donors (Lipinski definition) is 2. The number of aliphatic imine (C=N–C) groups is 1. The third kappa shape index (κ3) is 7.60. The van der Waals surface area contributed by atoms with E-state index in [4.69, 9.17) is 4.74 Å². The predicted molar refractivity (Wildman–Crippen MR) is 91.6 cm³/mol. The number of nitrogens with one attached hydrogen (secondary N) is 2. The summed E-state index contributed by atoms with van der Waals surface area (Å²) in [5.41, 5.74) is 0.704. The van der Waals surface area contributed by atoms with Gasteiger partial charge in [-0.05, 0) is 26.7 Å². The fourth-order valence-electron chi connectivity index (χ4n) is 2.01. The van der Waals surface area contributed by atoms with E-state index in [9.17, 15) is 10.1 Å². The van der Waals surface area contributed by atoms with Gasteiger partial charge in [0.25, 0.3) is 5.69 Å². The molecule has 0 atom stereocenters. The van der Waals surface area contributed by atoms with E-state index >= 15 is 0 Å². The minimum absolute atomic E-state index is 0.101. The van der Waals surface area contributed by atoms with Crippen LogP contribution in [0.2, 0.25) is 0 Å². The Balaban J connectivity index is 2.53. The third-order valence-corrected chi connectivity index (χ3v) is 3.15. The Bertz CT molecular complexity index is 506. The van der Waals surface area contributed by atoms with Gasteiger partial charge in [0.05, 0.1) is 17.0 Å². The van der Waals surface area contributed by atoms with Gasteiger partial charge in [0, 0.05) is 32.4 Å². The molecule has 0 aliphatic heterocycles. The van der Waals surface area contributed by atoms with Crippen molar-refractivity contribution in [3.8, 4) is 0 Å². The average molecular weight is 322 g/mol. The van der Waals surface area contributed by atoms with Crippen LogP contribution < -0.4 is 10.6 Å². The molecule has 0 aliphatic carbocycles. The molecule has 0 heterocycles. The second kappa shape index (κ2) is 11.4. The number of nitro benzene ring substituents is 1. The lowest BCUT2D eigenvalue weighted by molar-refractivity contribution is -0.385. The lowest BCUT2D eigenvalue weighted by Crippen LogP contribution is -2.37. The quantitative estimate of drug-likeness (QED) is 0.227. The summed E-state index contributed by atoms with van der Waals surface area (Å²) >= 11 is 0. The van der Waals surface area contributed by atoms with E-state index in [1.54, 1.807) is 18.2 Å². The first-order valence-electron chi connectivity index (χ1n) is 8.01. The van der Waals surface area contributed by atoms with Crippen molar-refractivity contribution in [2.24, 2.45) is 4.99 Å². The minimum Gasteiger partial charge on any atom is -0.382 e. The van der Waals surface area contributed by atoms with Crippen molar-refractivity contribution in [1.82, 2.24) is 10.6 Å². The zero-order valence-corrected chi connectivity index (χ0v) is 13.9. The number of rotatable bonds is 10. The second-order valence-electron chi connectivity index (χ2n) is 4.91. The van der Waals surface area contributed by atoms with E-state index in [1.165, 1.54) is 6.07 Å². The molecule has 0 fully saturated rings. The number of guanidine groups is 1. The highest BCUT2D eigenvalue weighted by atomic mass is 16.6. The Labute approximate surface area is 137 Å². The van der Waals surface area contributed by atoms with Crippen molar-refractivity contribution < 1.29 is 9.66 Å². The molecule has 2 N–H and O–H groups in total. The van der Waals surface area contributed by atoms with Crippen LogP contribution in [0.4, 0.5) is 5.69 Å². The molecule has 23 heavy (non-hydrogen) atoms. The number of nitro groups is 1. The van der Waals surface area contributed by atoms with Gasteiger partial charge in [-0.1, -0.05) is 18.2 Å². The molecule has 0 aromatic heterocycles. The van der Waals surface area contributed by atoms with Crippen LogP contribution in [-0.2, 0) is 11.3 Å². The van der Waals surface area contributed by atoms with Crippen LogP contribution in [0.25, 0.3) is 0 Å². The van der Waals surface area contributed by atoms with Crippen molar-refractivity contribution in [2.45, 2.75) is 33.2 Å². The van der Waals surface area contributed by atoms with Gasteiger partial charge in [-0.3, -0.25) is 10.1 Å². The van der Waals surface area contributed by atoms with Gasteiger partial charge in [0.2, 0.25) is 0 Å². The lowest BCUT2D eigenvalue weighted by atomic mass is 10.2. The van der Waals surface area contributed by atoms with Gasteiger partial charge in [0.1, 0.15) is 0 Å². The van der Waals surface area contributed by atoms with E-state index in [0.717, 1.165) is 39.1 Å². The van der Waals surface area contributed by atoms with Crippen molar-refractivity contribution in [3.05, 3.63) is 39.9 Å². The molecule has 0 aliphatic rings. The maximum atomic E-state index is 11.0. The summed E-state index contributed by atoms with van der Waals surface area (Å²) in [7, 11) is 0. The SMILES string of the molecule is CCNC(=NCc1ccccc1[N+](=O)[O-])NCCCCOCC. The summed E-state index contributed by atoms with van der Waals surface area (Å²) in [6, 6.07) is 6.67. The number of nitrogens with zero attached hydrogens (tertiary/aromatic N) is 2. The monoisotopic (exact) mass is 322 g/mol. The summed E-state index contributed by atoms with van der Waals surface area (Å²) in [4.78, 5) is 15.0. The number of ether oxygens (including phenoxy) is 1. The molecule has 0 bridgehead atoms. The Hall–Kier alpha value is -2.15. The Morgan fingerprint density at radius 2 is 2.04 bits per heavy atom. The third-order valence-electron chi connectivity index (χ3n) is 3.15. The number of hydrogen-bond acceptors (Lipinski definition) is 4. The average Bonchev–Trinajstić information content (AvgIpc) is 2.55. The molecule has 0 saturated carbocycles. The maximum Gasteiger partial charge on any atom is 0.274 e. The summed E-state index contributed by atoms with van der Waals surface area (Å²) in [6.07, 6.45) is 1.97. The molecule has 1 aromatic rings. The summed E-state index contributed by atoms with van der Waals surface area (Å²) in [6.45, 7) is 7.27. The Morgan fingerprint density at radius 3 is 2.74 bits per heavy atom. The topological polar surface area (TPSA) is 88.8 Å². The second-order valence-corrected chi connectivity index (χ2v) is 4.91. The highest BCUT2D eigenvalue weighted by Gasteiger charge is 2.11. The first-order chi connectivity index (χ1) is 11.2. The molecule has 0 spiro atoms. The predicted octanol–water partition coefficient (Wildman–Crippen LogP) is 2.47. The number of unbranched alkanes of at least 4 members (excludes halogenated alkanes) is 1. The Morgan fingerprint density at radius 1 is 1.26 bits per heavy atom. The van der Waals surface area contributed by atoms with Crippen LogP contribution >= 0.6 is 0 Å². The van der Waals surface area contributed by atoms with Gasteiger partial charge in [0.15, 0.2) is 5.96 Å².